The van der Waals surface area contributed by atoms with E-state index >= 15 is 0 Å². The number of nitrogens with zero attached hydrogens (tertiary/aromatic N) is 3. The van der Waals surface area contributed by atoms with Gasteiger partial charge in [-0.05, 0) is 18.0 Å². The van der Waals surface area contributed by atoms with Crippen molar-refractivity contribution < 1.29 is 23.1 Å². The van der Waals surface area contributed by atoms with Crippen LogP contribution in [0, 0.1) is 0 Å². The summed E-state index contributed by atoms with van der Waals surface area (Å²) in [6.07, 6.45) is -2.04. The third kappa shape index (κ3) is 4.89. The zero-order valence-corrected chi connectivity index (χ0v) is 21.3. The first-order chi connectivity index (χ1) is 15.0. The highest BCUT2D eigenvalue weighted by Gasteiger charge is 2.64. The van der Waals surface area contributed by atoms with Crippen LogP contribution in [-0.4, -0.2) is 52.4 Å². The van der Waals surface area contributed by atoms with Gasteiger partial charge >= 0.3 is 8.56 Å². The van der Waals surface area contributed by atoms with Crippen LogP contribution in [0.5, 0.6) is 0 Å². The molecule has 2 aliphatic rings. The maximum atomic E-state index is 9.30. The van der Waals surface area contributed by atoms with Gasteiger partial charge in [-0.3, -0.25) is 0 Å². The summed E-state index contributed by atoms with van der Waals surface area (Å²) in [4.78, 5) is 3.08. The molecule has 0 amide bonds. The van der Waals surface area contributed by atoms with Crippen LogP contribution in [0.3, 0.4) is 0 Å². The summed E-state index contributed by atoms with van der Waals surface area (Å²) in [5, 5.41) is 3.66. The molecule has 0 aliphatic carbocycles. The molecule has 0 aromatic heterocycles. The van der Waals surface area contributed by atoms with Gasteiger partial charge in [0.2, 0.25) is 0 Å². The maximum Gasteiger partial charge on any atom is 0.349 e. The topological polar surface area (TPSA) is 94.9 Å². The van der Waals surface area contributed by atoms with E-state index in [0.29, 0.717) is 19.8 Å². The summed E-state index contributed by atoms with van der Waals surface area (Å²) in [5.41, 5.74) is 10.3. The predicted molar refractivity (Wildman–Crippen MR) is 124 cm³/mol. The van der Waals surface area contributed by atoms with Gasteiger partial charge in [0.25, 0.3) is 0 Å². The summed E-state index contributed by atoms with van der Waals surface area (Å²) in [6, 6.07) is 9.26. The first-order valence-electron chi connectivity index (χ1n) is 11.3. The van der Waals surface area contributed by atoms with Crippen LogP contribution in [0.4, 0.5) is 0 Å². The van der Waals surface area contributed by atoms with Gasteiger partial charge < -0.3 is 23.1 Å². The monoisotopic (exact) mass is 463 g/mol. The first kappa shape index (κ1) is 25.2. The molecule has 8 nitrogen and oxygen atoms in total. The van der Waals surface area contributed by atoms with E-state index in [0.717, 1.165) is 5.56 Å². The number of fused-ring (bicyclic) bond motifs is 1. The molecule has 0 saturated carbocycles. The minimum atomic E-state index is -2.77. The molecule has 32 heavy (non-hydrogen) atoms. The lowest BCUT2D eigenvalue weighted by Gasteiger charge is -2.57. The highest BCUT2D eigenvalue weighted by Crippen LogP contribution is 2.55. The van der Waals surface area contributed by atoms with Crippen LogP contribution in [0.25, 0.3) is 10.4 Å². The molecule has 2 saturated heterocycles. The molecule has 0 N–H and O–H groups in total. The highest BCUT2D eigenvalue weighted by molar-refractivity contribution is 6.73. The Bertz CT molecular complexity index is 790. The van der Waals surface area contributed by atoms with Crippen molar-refractivity contribution in [1.29, 1.82) is 0 Å². The smallest absolute Gasteiger partial charge is 0.349 e. The molecule has 0 spiro atoms. The van der Waals surface area contributed by atoms with Gasteiger partial charge in [-0.15, -0.1) is 0 Å². The van der Waals surface area contributed by atoms with Crippen molar-refractivity contribution in [3.63, 3.8) is 0 Å². The Morgan fingerprint density at radius 1 is 1.09 bits per heavy atom. The van der Waals surface area contributed by atoms with E-state index in [2.05, 4.69) is 51.6 Å². The number of benzene rings is 1. The standard InChI is InChI=1S/C23H37N3O5Si/c1-8-27-21-18(25-26-24)20(28-14-16-12-10-9-11-13-16)19-17(30-21)15-29-32(31-19,22(2,3)4)23(5,6)7/h9-13,17-21H,8,14-15H2,1-7H3/t17-,18-,19+,20-,21-/m1/s1. The summed E-state index contributed by atoms with van der Waals surface area (Å²) in [7, 11) is -2.77. The summed E-state index contributed by atoms with van der Waals surface area (Å²) >= 11 is 0. The van der Waals surface area contributed by atoms with E-state index < -0.39 is 33.1 Å². The van der Waals surface area contributed by atoms with Crippen LogP contribution < -0.4 is 0 Å². The van der Waals surface area contributed by atoms with Crippen LogP contribution in [-0.2, 0) is 29.7 Å². The second-order valence-corrected chi connectivity index (χ2v) is 15.2. The Balaban J connectivity index is 1.98. The molecular weight excluding hydrogens is 426 g/mol. The fraction of sp³-hybridized carbons (Fsp3) is 0.739. The van der Waals surface area contributed by atoms with Crippen molar-refractivity contribution in [2.45, 2.75) is 95.8 Å². The van der Waals surface area contributed by atoms with Gasteiger partial charge in [0.05, 0.1) is 19.3 Å². The number of ether oxygens (including phenoxy) is 3. The summed E-state index contributed by atoms with van der Waals surface area (Å²) in [6.45, 7) is 16.1. The van der Waals surface area contributed by atoms with Crippen LogP contribution in [0.1, 0.15) is 54.0 Å². The predicted octanol–water partition coefficient (Wildman–Crippen LogP) is 5.47. The van der Waals surface area contributed by atoms with Gasteiger partial charge in [0, 0.05) is 21.6 Å². The normalized spacial score (nSPS) is 30.3. The number of hydrogen-bond acceptors (Lipinski definition) is 6. The van der Waals surface area contributed by atoms with E-state index in [-0.39, 0.29) is 16.2 Å². The molecule has 2 heterocycles. The fourth-order valence-corrected chi connectivity index (χ4v) is 9.91. The summed E-state index contributed by atoms with van der Waals surface area (Å²) in [5.74, 6) is 0. The Hall–Kier alpha value is -1.45. The molecule has 178 valence electrons. The highest BCUT2D eigenvalue weighted by atomic mass is 28.4. The van der Waals surface area contributed by atoms with Crippen molar-refractivity contribution in [2.75, 3.05) is 13.2 Å². The maximum absolute atomic E-state index is 9.30. The molecule has 5 atom stereocenters. The van der Waals surface area contributed by atoms with E-state index in [4.69, 9.17) is 23.1 Å². The molecule has 9 heteroatoms. The van der Waals surface area contributed by atoms with Crippen LogP contribution in [0.2, 0.25) is 10.1 Å². The van der Waals surface area contributed by atoms with Gasteiger partial charge in [-0.2, -0.15) is 0 Å². The zero-order chi connectivity index (χ0) is 23.6. The minimum Gasteiger partial charge on any atom is -0.391 e. The molecule has 0 bridgehead atoms. The molecule has 3 rings (SSSR count). The molecule has 0 unspecified atom stereocenters. The fourth-order valence-electron chi connectivity index (χ4n) is 4.95. The molecule has 1 aromatic carbocycles. The third-order valence-electron chi connectivity index (χ3n) is 6.14. The van der Waals surface area contributed by atoms with E-state index in [1.807, 2.05) is 37.3 Å². The van der Waals surface area contributed by atoms with E-state index in [1.165, 1.54) is 0 Å². The quantitative estimate of drug-likeness (QED) is 0.241. The van der Waals surface area contributed by atoms with E-state index in [9.17, 15) is 5.53 Å². The third-order valence-corrected chi connectivity index (χ3v) is 11.3. The Kier molecular flexibility index (Phi) is 7.72. The number of rotatable bonds is 6. The van der Waals surface area contributed by atoms with E-state index in [1.54, 1.807) is 0 Å². The largest absolute Gasteiger partial charge is 0.391 e. The molecule has 0 radical (unpaired) electrons. The number of azide groups is 1. The van der Waals surface area contributed by atoms with Crippen molar-refractivity contribution in [3.8, 4) is 0 Å². The van der Waals surface area contributed by atoms with Gasteiger partial charge in [-0.25, -0.2) is 0 Å². The Morgan fingerprint density at radius 2 is 1.75 bits per heavy atom. The van der Waals surface area contributed by atoms with Crippen molar-refractivity contribution in [2.24, 2.45) is 5.11 Å². The lowest BCUT2D eigenvalue weighted by Crippen LogP contribution is -2.71. The SMILES string of the molecule is CCO[C@@H]1O[C@@H]2CO[Si](C(C)(C)C)(C(C)(C)C)O[C@@H]2[C@H](OCc2ccccc2)[C@H]1N=[N+]=[N-]. The first-order valence-corrected chi connectivity index (χ1v) is 13.1. The average molecular weight is 464 g/mol. The lowest BCUT2D eigenvalue weighted by molar-refractivity contribution is -0.283. The Labute approximate surface area is 192 Å². The van der Waals surface area contributed by atoms with Gasteiger partial charge in [-0.1, -0.05) is 77.0 Å². The van der Waals surface area contributed by atoms with Gasteiger partial charge in [0.15, 0.2) is 6.29 Å². The summed E-state index contributed by atoms with van der Waals surface area (Å²) < 4.78 is 31.9. The van der Waals surface area contributed by atoms with Crippen molar-refractivity contribution >= 4 is 8.56 Å². The molecule has 1 aromatic rings. The van der Waals surface area contributed by atoms with Crippen molar-refractivity contribution in [1.82, 2.24) is 0 Å². The van der Waals surface area contributed by atoms with Crippen molar-refractivity contribution in [3.05, 3.63) is 46.3 Å². The molecular formula is C23H37N3O5Si. The second kappa shape index (κ2) is 9.81. The molecule has 2 fully saturated rings. The Morgan fingerprint density at radius 3 is 2.31 bits per heavy atom. The average Bonchev–Trinajstić information content (AvgIpc) is 2.72. The van der Waals surface area contributed by atoms with Crippen LogP contribution >= 0.6 is 0 Å². The zero-order valence-electron chi connectivity index (χ0n) is 20.3. The van der Waals surface area contributed by atoms with Crippen LogP contribution in [0.15, 0.2) is 35.4 Å². The minimum absolute atomic E-state index is 0.190. The van der Waals surface area contributed by atoms with Gasteiger partial charge in [0.1, 0.15) is 18.2 Å². The second-order valence-electron chi connectivity index (χ2n) is 10.5. The number of hydrogen-bond donors (Lipinski definition) is 0. The lowest BCUT2D eigenvalue weighted by atomic mass is 9.97. The molecule has 2 aliphatic heterocycles.